The van der Waals surface area contributed by atoms with Gasteiger partial charge in [-0.2, -0.15) is 5.10 Å². The van der Waals surface area contributed by atoms with Crippen LogP contribution in [-0.4, -0.2) is 32.7 Å². The number of nitrogens with zero attached hydrogens (tertiary/aromatic N) is 1. The number of aromatic nitrogens is 2. The Balaban J connectivity index is 2.10. The number of aliphatic carboxylic acids is 1. The Morgan fingerprint density at radius 3 is 2.60 bits per heavy atom. The van der Waals surface area contributed by atoms with Crippen molar-refractivity contribution in [2.24, 2.45) is 5.92 Å². The minimum atomic E-state index is -1.14. The molecule has 0 aromatic carbocycles. The number of hydrogen-bond donors (Lipinski definition) is 3. The van der Waals surface area contributed by atoms with Crippen LogP contribution in [-0.2, 0) is 4.79 Å². The molecule has 2 rings (SSSR count). The van der Waals surface area contributed by atoms with Crippen LogP contribution in [0.4, 0.5) is 0 Å². The van der Waals surface area contributed by atoms with Gasteiger partial charge in [0.2, 0.25) is 0 Å². The lowest BCUT2D eigenvalue weighted by Crippen LogP contribution is -2.56. The number of aromatic amines is 1. The zero-order chi connectivity index (χ0) is 14.8. The highest BCUT2D eigenvalue weighted by molar-refractivity contribution is 5.96. The summed E-state index contributed by atoms with van der Waals surface area (Å²) in [4.78, 5) is 23.7. The van der Waals surface area contributed by atoms with Crippen LogP contribution in [0, 0.1) is 12.8 Å². The molecule has 1 aliphatic rings. The molecule has 1 aliphatic carbocycles. The van der Waals surface area contributed by atoms with E-state index >= 15 is 0 Å². The molecule has 1 heterocycles. The van der Waals surface area contributed by atoms with Crippen LogP contribution in [0.2, 0.25) is 0 Å². The van der Waals surface area contributed by atoms with Gasteiger partial charge in [-0.25, -0.2) is 4.79 Å². The highest BCUT2D eigenvalue weighted by atomic mass is 16.4. The van der Waals surface area contributed by atoms with Crippen LogP contribution in [0.25, 0.3) is 0 Å². The summed E-state index contributed by atoms with van der Waals surface area (Å²) in [5, 5.41) is 18.8. The number of carbonyl (C=O) groups excluding carboxylic acids is 1. The van der Waals surface area contributed by atoms with Gasteiger partial charge in [-0.3, -0.25) is 9.89 Å². The van der Waals surface area contributed by atoms with Gasteiger partial charge in [0.25, 0.3) is 5.91 Å². The van der Waals surface area contributed by atoms with Crippen LogP contribution in [0.15, 0.2) is 6.07 Å². The lowest BCUT2D eigenvalue weighted by atomic mass is 9.75. The van der Waals surface area contributed by atoms with Crippen LogP contribution in [0.3, 0.4) is 0 Å². The smallest absolute Gasteiger partial charge is 0.329 e. The molecule has 6 heteroatoms. The maximum absolute atomic E-state index is 12.1. The van der Waals surface area contributed by atoms with Gasteiger partial charge in [-0.05, 0) is 44.6 Å². The van der Waals surface area contributed by atoms with E-state index in [9.17, 15) is 14.7 Å². The van der Waals surface area contributed by atoms with E-state index in [1.807, 2.05) is 0 Å². The number of nitrogens with one attached hydrogen (secondary N) is 2. The number of aryl methyl sites for hydroxylation is 1. The fourth-order valence-electron chi connectivity index (χ4n) is 2.79. The van der Waals surface area contributed by atoms with Crippen LogP contribution >= 0.6 is 0 Å². The number of hydrogen-bond acceptors (Lipinski definition) is 3. The Labute approximate surface area is 118 Å². The second-order valence-corrected chi connectivity index (χ2v) is 5.63. The van der Waals surface area contributed by atoms with E-state index in [-0.39, 0.29) is 5.69 Å². The Hall–Kier alpha value is -1.85. The van der Waals surface area contributed by atoms with Crippen molar-refractivity contribution in [3.8, 4) is 0 Å². The average molecular weight is 279 g/mol. The lowest BCUT2D eigenvalue weighted by molar-refractivity contribution is -0.146. The molecule has 110 valence electrons. The maximum Gasteiger partial charge on any atom is 0.329 e. The van der Waals surface area contributed by atoms with Gasteiger partial charge < -0.3 is 10.4 Å². The van der Waals surface area contributed by atoms with Gasteiger partial charge in [-0.15, -0.1) is 0 Å². The summed E-state index contributed by atoms with van der Waals surface area (Å²) in [5.74, 6) is -0.814. The largest absolute Gasteiger partial charge is 0.480 e. The summed E-state index contributed by atoms with van der Waals surface area (Å²) < 4.78 is 0. The summed E-state index contributed by atoms with van der Waals surface area (Å²) in [6, 6.07) is 1.61. The van der Waals surface area contributed by atoms with E-state index in [1.54, 1.807) is 13.0 Å². The maximum atomic E-state index is 12.1. The third-order valence-corrected chi connectivity index (χ3v) is 4.24. The molecule has 20 heavy (non-hydrogen) atoms. The fraction of sp³-hybridized carbons (Fsp3) is 0.643. The molecule has 1 saturated carbocycles. The lowest BCUT2D eigenvalue weighted by Gasteiger charge is -2.37. The molecule has 0 spiro atoms. The second-order valence-electron chi connectivity index (χ2n) is 5.63. The number of carbonyl (C=O) groups is 2. The predicted molar refractivity (Wildman–Crippen MR) is 73.4 cm³/mol. The predicted octanol–water partition coefficient (Wildman–Crippen LogP) is 1.87. The van der Waals surface area contributed by atoms with Crippen LogP contribution < -0.4 is 5.32 Å². The minimum Gasteiger partial charge on any atom is -0.480 e. The first kappa shape index (κ1) is 14.6. The van der Waals surface area contributed by atoms with E-state index in [4.69, 9.17) is 0 Å². The summed E-state index contributed by atoms with van der Waals surface area (Å²) in [7, 11) is 0. The van der Waals surface area contributed by atoms with Crippen molar-refractivity contribution in [2.45, 2.75) is 51.5 Å². The van der Waals surface area contributed by atoms with E-state index in [2.05, 4.69) is 22.4 Å². The number of carboxylic acid groups (broad SMARTS) is 1. The van der Waals surface area contributed by atoms with Gasteiger partial charge >= 0.3 is 5.97 Å². The Bertz CT molecular complexity index is 502. The van der Waals surface area contributed by atoms with Gasteiger partial charge in [0.05, 0.1) is 0 Å². The molecule has 0 saturated heterocycles. The van der Waals surface area contributed by atoms with Crippen molar-refractivity contribution in [2.75, 3.05) is 0 Å². The zero-order valence-corrected chi connectivity index (χ0v) is 11.9. The minimum absolute atomic E-state index is 0.237. The molecular formula is C14H21N3O3. The first-order valence-electron chi connectivity index (χ1n) is 7.05. The standard InChI is InChI=1S/C14H21N3O3/c1-3-10-4-6-14(7-5-10,13(19)20)15-12(18)11-8-9(2)16-17-11/h8,10H,3-7H2,1-2H3,(H,15,18)(H,16,17)(H,19,20). The summed E-state index contributed by atoms with van der Waals surface area (Å²) >= 11 is 0. The molecule has 1 aromatic heterocycles. The molecule has 0 bridgehead atoms. The number of amides is 1. The monoisotopic (exact) mass is 279 g/mol. The molecule has 1 aromatic rings. The van der Waals surface area contributed by atoms with Crippen molar-refractivity contribution in [3.63, 3.8) is 0 Å². The first-order valence-corrected chi connectivity index (χ1v) is 7.05. The molecule has 1 amide bonds. The molecule has 0 atom stereocenters. The molecule has 1 fully saturated rings. The summed E-state index contributed by atoms with van der Waals surface area (Å²) in [6.07, 6.45) is 3.69. The molecular weight excluding hydrogens is 258 g/mol. The van der Waals surface area contributed by atoms with Crippen molar-refractivity contribution in [1.82, 2.24) is 15.5 Å². The van der Waals surface area contributed by atoms with Gasteiger partial charge in [0, 0.05) is 5.69 Å². The van der Waals surface area contributed by atoms with Gasteiger partial charge in [0.1, 0.15) is 11.2 Å². The molecule has 0 unspecified atom stereocenters. The Morgan fingerprint density at radius 2 is 2.15 bits per heavy atom. The third kappa shape index (κ3) is 2.84. The van der Waals surface area contributed by atoms with Crippen molar-refractivity contribution < 1.29 is 14.7 Å². The molecule has 3 N–H and O–H groups in total. The quantitative estimate of drug-likeness (QED) is 0.784. The van der Waals surface area contributed by atoms with Crippen molar-refractivity contribution in [3.05, 3.63) is 17.5 Å². The number of H-pyrrole nitrogens is 1. The van der Waals surface area contributed by atoms with E-state index in [1.165, 1.54) is 0 Å². The van der Waals surface area contributed by atoms with Crippen LogP contribution in [0.1, 0.15) is 55.2 Å². The Kier molecular flexibility index (Phi) is 4.11. The topological polar surface area (TPSA) is 95.1 Å². The number of rotatable bonds is 4. The number of carboxylic acids is 1. The van der Waals surface area contributed by atoms with Crippen molar-refractivity contribution >= 4 is 11.9 Å². The summed E-state index contributed by atoms with van der Waals surface area (Å²) in [6.45, 7) is 3.91. The average Bonchev–Trinajstić information content (AvgIpc) is 2.86. The fourth-order valence-corrected chi connectivity index (χ4v) is 2.79. The second kappa shape index (κ2) is 5.64. The first-order chi connectivity index (χ1) is 9.47. The molecule has 0 aliphatic heterocycles. The normalized spacial score (nSPS) is 26.2. The molecule has 0 radical (unpaired) electrons. The van der Waals surface area contributed by atoms with E-state index in [0.29, 0.717) is 18.8 Å². The highest BCUT2D eigenvalue weighted by Gasteiger charge is 2.43. The molecule has 6 nitrogen and oxygen atoms in total. The van der Waals surface area contributed by atoms with E-state index < -0.39 is 17.4 Å². The summed E-state index contributed by atoms with van der Waals surface area (Å²) in [5.41, 5.74) is -0.134. The highest BCUT2D eigenvalue weighted by Crippen LogP contribution is 2.34. The van der Waals surface area contributed by atoms with Crippen LogP contribution in [0.5, 0.6) is 0 Å². The van der Waals surface area contributed by atoms with E-state index in [0.717, 1.165) is 25.0 Å². The van der Waals surface area contributed by atoms with Gasteiger partial charge in [0.15, 0.2) is 0 Å². The van der Waals surface area contributed by atoms with Gasteiger partial charge in [-0.1, -0.05) is 13.3 Å². The SMILES string of the molecule is CCC1CCC(NC(=O)c2cc(C)[nH]n2)(C(=O)O)CC1. The third-order valence-electron chi connectivity index (χ3n) is 4.24. The zero-order valence-electron chi connectivity index (χ0n) is 11.9. The Morgan fingerprint density at radius 1 is 1.50 bits per heavy atom. The van der Waals surface area contributed by atoms with Crippen molar-refractivity contribution in [1.29, 1.82) is 0 Å².